The summed E-state index contributed by atoms with van der Waals surface area (Å²) in [6.07, 6.45) is -3.10. The van der Waals surface area contributed by atoms with E-state index in [9.17, 15) is 21.6 Å². The zero-order valence-corrected chi connectivity index (χ0v) is 16.7. The summed E-state index contributed by atoms with van der Waals surface area (Å²) in [7, 11) is -4.15. The van der Waals surface area contributed by atoms with Crippen molar-refractivity contribution in [2.24, 2.45) is 4.99 Å². The highest BCUT2D eigenvalue weighted by Gasteiger charge is 2.35. The van der Waals surface area contributed by atoms with Gasteiger partial charge in [-0.1, -0.05) is 0 Å². The Morgan fingerprint density at radius 1 is 1.20 bits per heavy atom. The Morgan fingerprint density at radius 3 is 2.50 bits per heavy atom. The van der Waals surface area contributed by atoms with Crippen LogP contribution in [0.1, 0.15) is 25.0 Å². The van der Waals surface area contributed by atoms with E-state index < -0.39 is 27.5 Å². The van der Waals surface area contributed by atoms with Gasteiger partial charge in [-0.15, -0.1) is 0 Å². The van der Waals surface area contributed by atoms with Gasteiger partial charge in [0, 0.05) is 11.8 Å². The Bertz CT molecular complexity index is 1120. The van der Waals surface area contributed by atoms with Crippen molar-refractivity contribution < 1.29 is 31.2 Å². The summed E-state index contributed by atoms with van der Waals surface area (Å²) in [5.41, 5.74) is 1.57. The number of pyridine rings is 1. The first-order chi connectivity index (χ1) is 14.0. The summed E-state index contributed by atoms with van der Waals surface area (Å²) in [6, 6.07) is 4.87. The van der Waals surface area contributed by atoms with E-state index in [1.54, 1.807) is 13.8 Å². The number of ether oxygens (including phenoxy) is 1. The highest BCUT2D eigenvalue weighted by Crippen LogP contribution is 2.36. The van der Waals surface area contributed by atoms with Crippen molar-refractivity contribution in [3.05, 3.63) is 47.7 Å². The molecule has 0 saturated carbocycles. The van der Waals surface area contributed by atoms with E-state index in [0.29, 0.717) is 11.4 Å². The van der Waals surface area contributed by atoms with Crippen LogP contribution in [0.5, 0.6) is 5.88 Å². The normalized spacial score (nSPS) is 18.3. The predicted molar refractivity (Wildman–Crippen MR) is 101 cm³/mol. The van der Waals surface area contributed by atoms with Crippen molar-refractivity contribution in [3.63, 3.8) is 0 Å². The van der Waals surface area contributed by atoms with Crippen molar-refractivity contribution >= 4 is 21.5 Å². The Balaban J connectivity index is 1.72. The standard InChI is InChI=1S/C18H17F3N4O4S/c1-17(2)23-15(24-29-17)11-9-14-16(22-10-11)28-8-7-25(14)30(26,27)13-5-3-12(4-6-13)18(19,20)21/h3-6,9-10H,7-8H2,1-2H3,(H,23,24). The number of amidine groups is 1. The Morgan fingerprint density at radius 2 is 1.90 bits per heavy atom. The minimum Gasteiger partial charge on any atom is -0.474 e. The molecule has 2 aliphatic rings. The summed E-state index contributed by atoms with van der Waals surface area (Å²) in [6.45, 7) is 3.50. The number of nitrogens with one attached hydrogen (secondary N) is 1. The Kier molecular flexibility index (Phi) is 4.66. The molecule has 4 rings (SSSR count). The van der Waals surface area contributed by atoms with Gasteiger partial charge in [0.15, 0.2) is 11.6 Å². The van der Waals surface area contributed by atoms with Crippen molar-refractivity contribution in [1.82, 2.24) is 10.5 Å². The van der Waals surface area contributed by atoms with E-state index >= 15 is 0 Å². The quantitative estimate of drug-likeness (QED) is 0.786. The molecule has 1 N–H and O–H groups in total. The Hall–Kier alpha value is -2.86. The number of aliphatic imine (C=N–C) groups is 1. The number of alkyl halides is 3. The lowest BCUT2D eigenvalue weighted by Gasteiger charge is -2.30. The van der Waals surface area contributed by atoms with Crippen LogP contribution in [0.4, 0.5) is 18.9 Å². The van der Waals surface area contributed by atoms with Crippen molar-refractivity contribution in [2.45, 2.75) is 30.6 Å². The molecule has 1 aromatic carbocycles. The smallest absolute Gasteiger partial charge is 0.416 e. The highest BCUT2D eigenvalue weighted by atomic mass is 32.2. The van der Waals surface area contributed by atoms with Crippen molar-refractivity contribution in [2.75, 3.05) is 17.5 Å². The molecule has 2 aromatic rings. The van der Waals surface area contributed by atoms with Crippen LogP contribution < -0.4 is 14.5 Å². The maximum atomic E-state index is 13.1. The molecule has 12 heteroatoms. The molecule has 0 amide bonds. The van der Waals surface area contributed by atoms with Crippen molar-refractivity contribution in [1.29, 1.82) is 0 Å². The zero-order chi connectivity index (χ0) is 21.7. The minimum atomic E-state index is -4.56. The number of nitrogens with zero attached hydrogens (tertiary/aromatic N) is 3. The number of hydrogen-bond donors (Lipinski definition) is 1. The van der Waals surface area contributed by atoms with E-state index in [0.717, 1.165) is 28.6 Å². The summed E-state index contributed by atoms with van der Waals surface area (Å²) in [4.78, 5) is 13.6. The molecule has 0 aliphatic carbocycles. The molecule has 0 atom stereocenters. The first-order valence-electron chi connectivity index (χ1n) is 8.84. The molecule has 160 valence electrons. The van der Waals surface area contributed by atoms with Crippen LogP contribution in [0.25, 0.3) is 0 Å². The predicted octanol–water partition coefficient (Wildman–Crippen LogP) is 2.71. The molecule has 3 heterocycles. The second-order valence-electron chi connectivity index (χ2n) is 7.11. The first-order valence-corrected chi connectivity index (χ1v) is 10.3. The molecule has 0 radical (unpaired) electrons. The third kappa shape index (κ3) is 3.67. The number of fused-ring (bicyclic) bond motifs is 1. The zero-order valence-electron chi connectivity index (χ0n) is 15.9. The van der Waals surface area contributed by atoms with Gasteiger partial charge in [-0.25, -0.2) is 28.7 Å². The monoisotopic (exact) mass is 442 g/mol. The van der Waals surface area contributed by atoms with Crippen LogP contribution in [0.3, 0.4) is 0 Å². The lowest BCUT2D eigenvalue weighted by atomic mass is 10.2. The number of rotatable bonds is 3. The fourth-order valence-electron chi connectivity index (χ4n) is 3.01. The van der Waals surface area contributed by atoms with E-state index in [1.807, 2.05) is 0 Å². The minimum absolute atomic E-state index is 0.0244. The van der Waals surface area contributed by atoms with Gasteiger partial charge in [0.25, 0.3) is 10.0 Å². The number of aromatic nitrogens is 1. The maximum absolute atomic E-state index is 13.1. The van der Waals surface area contributed by atoms with Crippen LogP contribution in [-0.2, 0) is 21.0 Å². The molecule has 0 fully saturated rings. The fraction of sp³-hybridized carbons (Fsp3) is 0.333. The second-order valence-corrected chi connectivity index (χ2v) is 8.97. The SMILES string of the molecule is CC1(C)N=C(c2cnc3c(c2)N(S(=O)(=O)c2ccc(C(F)(F)F)cc2)CCO3)NO1. The van der Waals surface area contributed by atoms with Gasteiger partial charge in [0.05, 0.1) is 17.0 Å². The van der Waals surface area contributed by atoms with E-state index in [1.165, 1.54) is 12.3 Å². The third-order valence-corrected chi connectivity index (χ3v) is 6.28. The number of benzene rings is 1. The van der Waals surface area contributed by atoms with Crippen LogP contribution in [0.2, 0.25) is 0 Å². The lowest BCUT2D eigenvalue weighted by molar-refractivity contribution is -0.137. The molecule has 0 bridgehead atoms. The largest absolute Gasteiger partial charge is 0.474 e. The second kappa shape index (κ2) is 6.84. The van der Waals surface area contributed by atoms with Crippen LogP contribution in [0.15, 0.2) is 46.4 Å². The number of hydrogen-bond acceptors (Lipinski definition) is 7. The maximum Gasteiger partial charge on any atom is 0.416 e. The summed E-state index contributed by atoms with van der Waals surface area (Å²) in [5.74, 6) is 0.465. The molecule has 0 spiro atoms. The van der Waals surface area contributed by atoms with E-state index in [-0.39, 0.29) is 29.6 Å². The van der Waals surface area contributed by atoms with Crippen LogP contribution >= 0.6 is 0 Å². The average Bonchev–Trinajstić information content (AvgIpc) is 3.06. The molecule has 0 unspecified atom stereocenters. The number of halogens is 3. The average molecular weight is 442 g/mol. The molecular formula is C18H17F3N4O4S. The molecule has 1 aromatic heterocycles. The molecule has 0 saturated heterocycles. The number of hydroxylamine groups is 1. The Labute approximate surface area is 170 Å². The van der Waals surface area contributed by atoms with Gasteiger partial charge in [0.2, 0.25) is 5.88 Å². The molecule has 2 aliphatic heterocycles. The molecule has 8 nitrogen and oxygen atoms in total. The van der Waals surface area contributed by atoms with E-state index in [2.05, 4.69) is 15.5 Å². The first kappa shape index (κ1) is 20.4. The van der Waals surface area contributed by atoms with Gasteiger partial charge in [0.1, 0.15) is 12.3 Å². The van der Waals surface area contributed by atoms with Gasteiger partial charge >= 0.3 is 6.18 Å². The van der Waals surface area contributed by atoms with Gasteiger partial charge in [-0.05, 0) is 44.2 Å². The highest BCUT2D eigenvalue weighted by molar-refractivity contribution is 7.92. The molecular weight excluding hydrogens is 425 g/mol. The van der Waals surface area contributed by atoms with Crippen LogP contribution in [-0.4, -0.2) is 38.1 Å². The summed E-state index contributed by atoms with van der Waals surface area (Å²) >= 11 is 0. The number of sulfonamides is 1. The third-order valence-electron chi connectivity index (χ3n) is 4.46. The summed E-state index contributed by atoms with van der Waals surface area (Å²) < 4.78 is 71.2. The topological polar surface area (TPSA) is 93.1 Å². The molecule has 30 heavy (non-hydrogen) atoms. The summed E-state index contributed by atoms with van der Waals surface area (Å²) in [5, 5.41) is 0. The lowest BCUT2D eigenvalue weighted by Crippen LogP contribution is -2.38. The number of anilines is 1. The van der Waals surface area contributed by atoms with E-state index in [4.69, 9.17) is 9.57 Å². The van der Waals surface area contributed by atoms with Crippen LogP contribution in [0, 0.1) is 0 Å². The van der Waals surface area contributed by atoms with Gasteiger partial charge in [-0.2, -0.15) is 13.2 Å². The van der Waals surface area contributed by atoms with Gasteiger partial charge < -0.3 is 4.74 Å². The van der Waals surface area contributed by atoms with Gasteiger partial charge in [-0.3, -0.25) is 4.31 Å². The van der Waals surface area contributed by atoms with Crippen molar-refractivity contribution in [3.8, 4) is 5.88 Å². The fourth-order valence-corrected chi connectivity index (χ4v) is 4.45.